The number of para-hydroxylation sites is 1. The van der Waals surface area contributed by atoms with Crippen molar-refractivity contribution in [3.8, 4) is 0 Å². The third-order valence-corrected chi connectivity index (χ3v) is 7.78. The highest BCUT2D eigenvalue weighted by atomic mass is 32.2. The number of nitrogens with one attached hydrogen (secondary N) is 2. The van der Waals surface area contributed by atoms with Crippen molar-refractivity contribution >= 4 is 29.3 Å². The van der Waals surface area contributed by atoms with E-state index in [0.29, 0.717) is 24.1 Å². The van der Waals surface area contributed by atoms with Gasteiger partial charge in [0.2, 0.25) is 0 Å². The third kappa shape index (κ3) is 3.38. The van der Waals surface area contributed by atoms with Crippen LogP contribution < -0.4 is 10.6 Å². The van der Waals surface area contributed by atoms with E-state index < -0.39 is 11.8 Å². The van der Waals surface area contributed by atoms with Crippen LogP contribution in [-0.2, 0) is 14.3 Å². The molecule has 0 radical (unpaired) electrons. The number of carbonyl (C=O) groups is 2. The molecule has 4 saturated carbocycles. The van der Waals surface area contributed by atoms with Gasteiger partial charge in [0.25, 0.3) is 0 Å². The van der Waals surface area contributed by atoms with E-state index in [4.69, 9.17) is 4.74 Å². The van der Waals surface area contributed by atoms with E-state index >= 15 is 0 Å². The van der Waals surface area contributed by atoms with E-state index in [1.54, 1.807) is 7.11 Å². The molecule has 0 atom stereocenters. The number of carbonyl (C=O) groups excluding carboxylic acids is 2. The van der Waals surface area contributed by atoms with Crippen molar-refractivity contribution < 1.29 is 14.3 Å². The zero-order valence-electron chi connectivity index (χ0n) is 16.0. The summed E-state index contributed by atoms with van der Waals surface area (Å²) < 4.78 is 6.05. The van der Waals surface area contributed by atoms with Gasteiger partial charge in [-0.1, -0.05) is 12.1 Å². The molecule has 1 aromatic rings. The molecule has 5 nitrogen and oxygen atoms in total. The molecule has 0 aliphatic heterocycles. The number of anilines is 1. The van der Waals surface area contributed by atoms with Gasteiger partial charge >= 0.3 is 11.8 Å². The molecule has 4 aliphatic carbocycles. The van der Waals surface area contributed by atoms with E-state index in [-0.39, 0.29) is 5.60 Å². The van der Waals surface area contributed by atoms with Crippen molar-refractivity contribution in [2.75, 3.05) is 25.2 Å². The minimum atomic E-state index is -0.619. The third-order valence-electron chi connectivity index (χ3n) is 6.99. The van der Waals surface area contributed by atoms with Crippen molar-refractivity contribution in [3.63, 3.8) is 0 Å². The summed E-state index contributed by atoms with van der Waals surface area (Å²) in [4.78, 5) is 25.8. The van der Waals surface area contributed by atoms with Gasteiger partial charge in [0, 0.05) is 18.6 Å². The van der Waals surface area contributed by atoms with Crippen LogP contribution in [0.2, 0.25) is 0 Å². The van der Waals surface area contributed by atoms with Crippen LogP contribution in [0.25, 0.3) is 0 Å². The van der Waals surface area contributed by atoms with Gasteiger partial charge in [-0.2, -0.15) is 0 Å². The minimum absolute atomic E-state index is 0.305. The smallest absolute Gasteiger partial charge is 0.313 e. The van der Waals surface area contributed by atoms with Gasteiger partial charge in [0.05, 0.1) is 11.3 Å². The Hall–Kier alpha value is -1.53. The average molecular weight is 389 g/mol. The molecule has 5 rings (SSSR count). The highest BCUT2D eigenvalue weighted by molar-refractivity contribution is 7.98. The van der Waals surface area contributed by atoms with Crippen molar-refractivity contribution in [2.45, 2.75) is 42.6 Å². The Morgan fingerprint density at radius 3 is 2.30 bits per heavy atom. The standard InChI is InChI=1S/C21H28N2O3S/c1-26-21(15-8-13-7-14(10-15)11-16(21)9-13)12-22-19(24)20(25)23-17-5-3-4-6-18(17)27-2/h3-6,13-16H,7-12H2,1-2H3,(H,22,24)(H,23,25). The SMILES string of the molecule is COC1(CNC(=O)C(=O)Nc2ccccc2SC)C2CC3CC(C2)CC1C3. The Morgan fingerprint density at radius 1 is 1.07 bits per heavy atom. The summed E-state index contributed by atoms with van der Waals surface area (Å²) in [6.07, 6.45) is 8.11. The predicted molar refractivity (Wildman–Crippen MR) is 107 cm³/mol. The monoisotopic (exact) mass is 388 g/mol. The van der Waals surface area contributed by atoms with E-state index in [1.165, 1.54) is 43.9 Å². The second kappa shape index (κ2) is 7.47. The van der Waals surface area contributed by atoms with E-state index in [1.807, 2.05) is 30.5 Å². The summed E-state index contributed by atoms with van der Waals surface area (Å²) in [6.45, 7) is 0.425. The van der Waals surface area contributed by atoms with Gasteiger partial charge in [-0.25, -0.2) is 0 Å². The molecule has 0 heterocycles. The van der Waals surface area contributed by atoms with Crippen LogP contribution in [-0.4, -0.2) is 37.3 Å². The van der Waals surface area contributed by atoms with Crippen LogP contribution in [0.5, 0.6) is 0 Å². The molecule has 27 heavy (non-hydrogen) atoms. The molecule has 4 aliphatic rings. The maximum Gasteiger partial charge on any atom is 0.313 e. The summed E-state index contributed by atoms with van der Waals surface area (Å²) in [7, 11) is 1.77. The molecule has 0 unspecified atom stereocenters. The van der Waals surface area contributed by atoms with Gasteiger partial charge in [0.15, 0.2) is 0 Å². The minimum Gasteiger partial charge on any atom is -0.376 e. The summed E-state index contributed by atoms with van der Waals surface area (Å²) in [5, 5.41) is 5.61. The molecular formula is C21H28N2O3S. The molecule has 6 heteroatoms. The molecule has 4 fully saturated rings. The first-order valence-corrected chi connectivity index (χ1v) is 11.1. The van der Waals surface area contributed by atoms with Crippen LogP contribution in [0.15, 0.2) is 29.2 Å². The molecule has 0 aromatic heterocycles. The number of thioether (sulfide) groups is 1. The van der Waals surface area contributed by atoms with E-state index in [2.05, 4.69) is 10.6 Å². The fourth-order valence-electron chi connectivity index (χ4n) is 5.90. The second-order valence-corrected chi connectivity index (χ2v) is 9.15. The van der Waals surface area contributed by atoms with Crippen LogP contribution in [0.4, 0.5) is 5.69 Å². The average Bonchev–Trinajstić information content (AvgIpc) is 2.67. The van der Waals surface area contributed by atoms with Crippen LogP contribution in [0.3, 0.4) is 0 Å². The van der Waals surface area contributed by atoms with Crippen LogP contribution in [0, 0.1) is 23.7 Å². The zero-order chi connectivity index (χ0) is 19.0. The number of ether oxygens (including phenoxy) is 1. The first-order valence-electron chi connectivity index (χ1n) is 9.83. The van der Waals surface area contributed by atoms with Crippen molar-refractivity contribution in [2.24, 2.45) is 23.7 Å². The molecule has 0 saturated heterocycles. The van der Waals surface area contributed by atoms with E-state index in [0.717, 1.165) is 16.7 Å². The molecule has 0 spiro atoms. The first-order chi connectivity index (χ1) is 13.1. The summed E-state index contributed by atoms with van der Waals surface area (Å²) >= 11 is 1.54. The van der Waals surface area contributed by atoms with Gasteiger partial charge < -0.3 is 15.4 Å². The lowest BCUT2D eigenvalue weighted by Gasteiger charge is -2.60. The zero-order valence-corrected chi connectivity index (χ0v) is 16.8. The molecule has 4 bridgehead atoms. The van der Waals surface area contributed by atoms with Crippen molar-refractivity contribution in [3.05, 3.63) is 24.3 Å². The lowest BCUT2D eigenvalue weighted by atomic mass is 9.49. The Labute approximate surface area is 165 Å². The second-order valence-electron chi connectivity index (χ2n) is 8.30. The fourth-order valence-corrected chi connectivity index (χ4v) is 6.46. The quantitative estimate of drug-likeness (QED) is 0.600. The highest BCUT2D eigenvalue weighted by Crippen LogP contribution is 2.59. The van der Waals surface area contributed by atoms with Crippen LogP contribution in [0.1, 0.15) is 32.1 Å². The summed E-state index contributed by atoms with van der Waals surface area (Å²) in [6, 6.07) is 7.50. The Balaban J connectivity index is 1.40. The normalized spacial score (nSPS) is 33.7. The number of hydrogen-bond acceptors (Lipinski definition) is 4. The van der Waals surface area contributed by atoms with Crippen molar-refractivity contribution in [1.29, 1.82) is 0 Å². The van der Waals surface area contributed by atoms with Gasteiger partial charge in [-0.05, 0) is 74.2 Å². The Morgan fingerprint density at radius 2 is 1.70 bits per heavy atom. The number of hydrogen-bond donors (Lipinski definition) is 2. The maximum absolute atomic E-state index is 12.5. The van der Waals surface area contributed by atoms with Gasteiger partial charge in [-0.15, -0.1) is 11.8 Å². The summed E-state index contributed by atoms with van der Waals surface area (Å²) in [5.41, 5.74) is 0.363. The topological polar surface area (TPSA) is 67.4 Å². The highest BCUT2D eigenvalue weighted by Gasteiger charge is 2.57. The lowest BCUT2D eigenvalue weighted by Crippen LogP contribution is -2.63. The van der Waals surface area contributed by atoms with Gasteiger partial charge in [0.1, 0.15) is 0 Å². The van der Waals surface area contributed by atoms with Crippen LogP contribution >= 0.6 is 11.8 Å². The fraction of sp³-hybridized carbons (Fsp3) is 0.619. The molecular weight excluding hydrogens is 360 g/mol. The maximum atomic E-state index is 12.5. The number of methoxy groups -OCH3 is 1. The number of rotatable bonds is 5. The number of amides is 2. The molecule has 2 amide bonds. The van der Waals surface area contributed by atoms with E-state index in [9.17, 15) is 9.59 Å². The molecule has 2 N–H and O–H groups in total. The van der Waals surface area contributed by atoms with Crippen molar-refractivity contribution in [1.82, 2.24) is 5.32 Å². The first kappa shape index (κ1) is 18.8. The molecule has 146 valence electrons. The largest absolute Gasteiger partial charge is 0.376 e. The Bertz CT molecular complexity index is 708. The Kier molecular flexibility index (Phi) is 5.21. The lowest BCUT2D eigenvalue weighted by molar-refractivity contribution is -0.188. The predicted octanol–water partition coefficient (Wildman–Crippen LogP) is 3.30. The molecule has 1 aromatic carbocycles. The van der Waals surface area contributed by atoms with Gasteiger partial charge in [-0.3, -0.25) is 9.59 Å². The number of benzene rings is 1. The summed E-state index contributed by atoms with van der Waals surface area (Å²) in [5.74, 6) is 1.46.